The third kappa shape index (κ3) is 5.04. The standard InChI is InChI=1S/C23H22O7S/c1-15-7-9-17(10-8-15)31(27,28)30-12-11-16-5-3-4-6-18(16)19-13-20(23(25)26)22(29-2)14-21(19)24/h3-10,13-14,24H,11-12H2,1-2H3,(H,25,26). The van der Waals surface area contributed by atoms with E-state index < -0.39 is 16.1 Å². The third-order valence-electron chi connectivity index (χ3n) is 4.78. The van der Waals surface area contributed by atoms with Crippen LogP contribution in [0, 0.1) is 6.92 Å². The van der Waals surface area contributed by atoms with Crippen molar-refractivity contribution in [3.05, 3.63) is 77.4 Å². The second kappa shape index (κ2) is 9.20. The van der Waals surface area contributed by atoms with Crippen LogP contribution in [0.1, 0.15) is 21.5 Å². The summed E-state index contributed by atoms with van der Waals surface area (Å²) in [5.41, 5.74) is 2.41. The van der Waals surface area contributed by atoms with Crippen molar-refractivity contribution in [2.75, 3.05) is 13.7 Å². The van der Waals surface area contributed by atoms with Gasteiger partial charge in [-0.3, -0.25) is 4.18 Å². The number of benzene rings is 3. The van der Waals surface area contributed by atoms with Gasteiger partial charge >= 0.3 is 5.97 Å². The topological polar surface area (TPSA) is 110 Å². The number of aromatic carboxylic acids is 1. The fourth-order valence-electron chi connectivity index (χ4n) is 3.16. The Balaban J connectivity index is 1.86. The van der Waals surface area contributed by atoms with E-state index in [4.69, 9.17) is 8.92 Å². The first kappa shape index (κ1) is 22.3. The molecule has 0 radical (unpaired) electrons. The lowest BCUT2D eigenvalue weighted by Gasteiger charge is -2.14. The summed E-state index contributed by atoms with van der Waals surface area (Å²) in [5, 5.41) is 19.9. The van der Waals surface area contributed by atoms with Gasteiger partial charge in [0.1, 0.15) is 17.1 Å². The highest BCUT2D eigenvalue weighted by Gasteiger charge is 2.19. The first-order chi connectivity index (χ1) is 14.7. The van der Waals surface area contributed by atoms with E-state index >= 15 is 0 Å². The number of hydrogen-bond acceptors (Lipinski definition) is 6. The zero-order valence-electron chi connectivity index (χ0n) is 17.0. The van der Waals surface area contributed by atoms with E-state index in [1.807, 2.05) is 6.92 Å². The van der Waals surface area contributed by atoms with E-state index in [0.29, 0.717) is 16.7 Å². The van der Waals surface area contributed by atoms with E-state index in [0.717, 1.165) is 5.56 Å². The summed E-state index contributed by atoms with van der Waals surface area (Å²) < 4.78 is 35.0. The monoisotopic (exact) mass is 442 g/mol. The molecule has 0 aliphatic rings. The van der Waals surface area contributed by atoms with Crippen molar-refractivity contribution in [1.29, 1.82) is 0 Å². The van der Waals surface area contributed by atoms with E-state index in [2.05, 4.69) is 0 Å². The summed E-state index contributed by atoms with van der Waals surface area (Å²) in [6.07, 6.45) is 0.231. The van der Waals surface area contributed by atoms with E-state index in [1.54, 1.807) is 36.4 Å². The average Bonchev–Trinajstić information content (AvgIpc) is 2.74. The number of carboxylic acid groups (broad SMARTS) is 1. The van der Waals surface area contributed by atoms with Crippen molar-refractivity contribution in [1.82, 2.24) is 0 Å². The molecule has 8 heteroatoms. The Labute approximate surface area is 180 Å². The summed E-state index contributed by atoms with van der Waals surface area (Å²) in [4.78, 5) is 11.6. The lowest BCUT2D eigenvalue weighted by molar-refractivity contribution is 0.0693. The van der Waals surface area contributed by atoms with Crippen LogP contribution in [-0.2, 0) is 20.7 Å². The summed E-state index contributed by atoms with van der Waals surface area (Å²) in [7, 11) is -2.58. The van der Waals surface area contributed by atoms with E-state index in [9.17, 15) is 23.4 Å². The average molecular weight is 442 g/mol. The molecule has 3 aromatic rings. The smallest absolute Gasteiger partial charge is 0.339 e. The van der Waals surface area contributed by atoms with Gasteiger partial charge < -0.3 is 14.9 Å². The molecule has 0 aliphatic heterocycles. The second-order valence-corrected chi connectivity index (χ2v) is 8.49. The zero-order valence-corrected chi connectivity index (χ0v) is 17.8. The summed E-state index contributed by atoms with van der Waals surface area (Å²) in [6, 6.07) is 15.9. The molecule has 0 amide bonds. The predicted octanol–water partition coefficient (Wildman–Crippen LogP) is 4.02. The van der Waals surface area contributed by atoms with Gasteiger partial charge in [-0.2, -0.15) is 8.42 Å². The minimum absolute atomic E-state index is 0.0405. The highest BCUT2D eigenvalue weighted by molar-refractivity contribution is 7.86. The molecule has 0 heterocycles. The van der Waals surface area contributed by atoms with Crippen LogP contribution in [-0.4, -0.2) is 38.3 Å². The van der Waals surface area contributed by atoms with Crippen LogP contribution >= 0.6 is 0 Å². The molecular weight excluding hydrogens is 420 g/mol. The van der Waals surface area contributed by atoms with Gasteiger partial charge in [-0.1, -0.05) is 42.0 Å². The number of phenols is 1. The number of aryl methyl sites for hydroxylation is 1. The lowest BCUT2D eigenvalue weighted by atomic mass is 9.95. The Morgan fingerprint density at radius 1 is 1.00 bits per heavy atom. The van der Waals surface area contributed by atoms with Gasteiger partial charge in [0.25, 0.3) is 10.1 Å². The molecule has 0 spiro atoms. The first-order valence-electron chi connectivity index (χ1n) is 9.41. The molecule has 7 nitrogen and oxygen atoms in total. The predicted molar refractivity (Wildman–Crippen MR) is 115 cm³/mol. The van der Waals surface area contributed by atoms with E-state index in [-0.39, 0.29) is 35.0 Å². The summed E-state index contributed by atoms with van der Waals surface area (Å²) in [6.45, 7) is 1.74. The van der Waals surface area contributed by atoms with Crippen LogP contribution in [0.25, 0.3) is 11.1 Å². The van der Waals surface area contributed by atoms with Gasteiger partial charge in [0.2, 0.25) is 0 Å². The molecule has 0 saturated carbocycles. The van der Waals surface area contributed by atoms with Crippen LogP contribution in [0.5, 0.6) is 11.5 Å². The summed E-state index contributed by atoms with van der Waals surface area (Å²) in [5.74, 6) is -1.30. The summed E-state index contributed by atoms with van der Waals surface area (Å²) >= 11 is 0. The van der Waals surface area contributed by atoms with Crippen molar-refractivity contribution < 1.29 is 32.3 Å². The van der Waals surface area contributed by atoms with Crippen molar-refractivity contribution in [3.63, 3.8) is 0 Å². The number of aromatic hydroxyl groups is 1. The highest BCUT2D eigenvalue weighted by atomic mass is 32.2. The van der Waals surface area contributed by atoms with Gasteiger partial charge in [-0.25, -0.2) is 4.79 Å². The van der Waals surface area contributed by atoms with Gasteiger partial charge in [0.15, 0.2) is 0 Å². The van der Waals surface area contributed by atoms with Crippen molar-refractivity contribution >= 4 is 16.1 Å². The van der Waals surface area contributed by atoms with Crippen LogP contribution in [0.3, 0.4) is 0 Å². The zero-order chi connectivity index (χ0) is 22.6. The number of ether oxygens (including phenoxy) is 1. The molecule has 0 aliphatic carbocycles. The van der Waals surface area contributed by atoms with Gasteiger partial charge in [0.05, 0.1) is 18.6 Å². The quantitative estimate of drug-likeness (QED) is 0.507. The normalized spacial score (nSPS) is 11.3. The fourth-order valence-corrected chi connectivity index (χ4v) is 4.06. The maximum atomic E-state index is 12.4. The van der Waals surface area contributed by atoms with Crippen molar-refractivity contribution in [3.8, 4) is 22.6 Å². The van der Waals surface area contributed by atoms with Gasteiger partial charge in [0, 0.05) is 11.6 Å². The Bertz CT molecular complexity index is 1200. The SMILES string of the molecule is COc1cc(O)c(-c2ccccc2CCOS(=O)(=O)c2ccc(C)cc2)cc1C(=O)O. The molecule has 0 unspecified atom stereocenters. The minimum Gasteiger partial charge on any atom is -0.507 e. The molecule has 0 saturated heterocycles. The Kier molecular flexibility index (Phi) is 6.62. The second-order valence-electron chi connectivity index (χ2n) is 6.87. The number of methoxy groups -OCH3 is 1. The molecule has 162 valence electrons. The number of rotatable bonds is 8. The molecule has 2 N–H and O–H groups in total. The van der Waals surface area contributed by atoms with Gasteiger partial charge in [-0.05, 0) is 42.7 Å². The molecule has 3 aromatic carbocycles. The molecule has 31 heavy (non-hydrogen) atoms. The number of carboxylic acids is 1. The maximum absolute atomic E-state index is 12.4. The lowest BCUT2D eigenvalue weighted by Crippen LogP contribution is -2.09. The van der Waals surface area contributed by atoms with Gasteiger partial charge in [-0.15, -0.1) is 0 Å². The molecule has 0 aromatic heterocycles. The number of phenolic OH excluding ortho intramolecular Hbond substituents is 1. The number of hydrogen-bond donors (Lipinski definition) is 2. The molecule has 3 rings (SSSR count). The van der Waals surface area contributed by atoms with Crippen molar-refractivity contribution in [2.45, 2.75) is 18.2 Å². The van der Waals surface area contributed by atoms with Crippen LogP contribution in [0.4, 0.5) is 0 Å². The van der Waals surface area contributed by atoms with Crippen molar-refractivity contribution in [2.24, 2.45) is 0 Å². The number of carbonyl (C=O) groups is 1. The Morgan fingerprint density at radius 2 is 1.68 bits per heavy atom. The molecular formula is C23H22O7S. The third-order valence-corrected chi connectivity index (χ3v) is 6.10. The first-order valence-corrected chi connectivity index (χ1v) is 10.8. The Morgan fingerprint density at radius 3 is 2.32 bits per heavy atom. The maximum Gasteiger partial charge on any atom is 0.339 e. The van der Waals surface area contributed by atoms with Crippen LogP contribution < -0.4 is 4.74 Å². The molecule has 0 bridgehead atoms. The van der Waals surface area contributed by atoms with Crippen LogP contribution in [0.2, 0.25) is 0 Å². The Hall–Kier alpha value is -3.36. The molecule has 0 atom stereocenters. The van der Waals surface area contributed by atoms with Crippen LogP contribution in [0.15, 0.2) is 65.6 Å². The largest absolute Gasteiger partial charge is 0.507 e. The fraction of sp³-hybridized carbons (Fsp3) is 0.174. The minimum atomic E-state index is -3.90. The highest BCUT2D eigenvalue weighted by Crippen LogP contribution is 2.37. The molecule has 0 fully saturated rings. The van der Waals surface area contributed by atoms with E-state index in [1.165, 1.54) is 31.4 Å².